The quantitative estimate of drug-likeness (QED) is 0.735. The second-order valence-electron chi connectivity index (χ2n) is 3.99. The summed E-state index contributed by atoms with van der Waals surface area (Å²) in [6.07, 6.45) is -0.204. The van der Waals surface area contributed by atoms with Gasteiger partial charge in [-0.2, -0.15) is 0 Å². The molecule has 0 saturated carbocycles. The normalized spacial score (nSPS) is 12.9. The molecule has 0 aromatic heterocycles. The Morgan fingerprint density at radius 3 is 2.33 bits per heavy atom. The van der Waals surface area contributed by atoms with Crippen LogP contribution >= 0.6 is 11.6 Å². The SMILES string of the molecule is CCOC(CN[C@H](C)c1ccccc1Cl)OCC. The summed E-state index contributed by atoms with van der Waals surface area (Å²) in [5.74, 6) is 0. The van der Waals surface area contributed by atoms with Gasteiger partial charge >= 0.3 is 0 Å². The first-order valence-corrected chi connectivity index (χ1v) is 6.77. The van der Waals surface area contributed by atoms with Gasteiger partial charge in [-0.25, -0.2) is 0 Å². The van der Waals surface area contributed by atoms with E-state index in [2.05, 4.69) is 12.2 Å². The molecule has 0 amide bonds. The van der Waals surface area contributed by atoms with E-state index in [1.54, 1.807) is 0 Å². The third-order valence-electron chi connectivity index (χ3n) is 2.67. The summed E-state index contributed by atoms with van der Waals surface area (Å²) >= 11 is 6.15. The number of rotatable bonds is 8. The van der Waals surface area contributed by atoms with Crippen LogP contribution in [0.1, 0.15) is 32.4 Å². The van der Waals surface area contributed by atoms with Crippen molar-refractivity contribution in [2.45, 2.75) is 33.1 Å². The van der Waals surface area contributed by atoms with Crippen LogP contribution in [0.3, 0.4) is 0 Å². The van der Waals surface area contributed by atoms with Crippen LogP contribution in [-0.2, 0) is 9.47 Å². The topological polar surface area (TPSA) is 30.5 Å². The highest BCUT2D eigenvalue weighted by atomic mass is 35.5. The molecule has 1 N–H and O–H groups in total. The third kappa shape index (κ3) is 4.94. The smallest absolute Gasteiger partial charge is 0.169 e. The minimum absolute atomic E-state index is 0.169. The Hall–Kier alpha value is -0.610. The number of ether oxygens (including phenoxy) is 2. The zero-order valence-electron chi connectivity index (χ0n) is 11.3. The Morgan fingerprint density at radius 1 is 1.17 bits per heavy atom. The van der Waals surface area contributed by atoms with Crippen LogP contribution in [0.4, 0.5) is 0 Å². The zero-order valence-corrected chi connectivity index (χ0v) is 12.0. The molecule has 0 fully saturated rings. The molecule has 1 aromatic rings. The Morgan fingerprint density at radius 2 is 1.78 bits per heavy atom. The summed E-state index contributed by atoms with van der Waals surface area (Å²) in [6.45, 7) is 7.94. The fraction of sp³-hybridized carbons (Fsp3) is 0.571. The van der Waals surface area contributed by atoms with Crippen molar-refractivity contribution in [3.05, 3.63) is 34.9 Å². The molecular formula is C14H22ClNO2. The van der Waals surface area contributed by atoms with Gasteiger partial charge in [-0.05, 0) is 32.4 Å². The van der Waals surface area contributed by atoms with Crippen molar-refractivity contribution >= 4 is 11.6 Å². The molecule has 0 unspecified atom stereocenters. The molecule has 0 radical (unpaired) electrons. The highest BCUT2D eigenvalue weighted by Crippen LogP contribution is 2.21. The van der Waals surface area contributed by atoms with E-state index >= 15 is 0 Å². The van der Waals surface area contributed by atoms with Gasteiger partial charge in [-0.3, -0.25) is 0 Å². The van der Waals surface area contributed by atoms with Crippen LogP contribution in [0.5, 0.6) is 0 Å². The number of benzene rings is 1. The van der Waals surface area contributed by atoms with E-state index in [4.69, 9.17) is 21.1 Å². The largest absolute Gasteiger partial charge is 0.352 e. The summed E-state index contributed by atoms with van der Waals surface area (Å²) in [7, 11) is 0. The molecule has 102 valence electrons. The standard InChI is InChI=1S/C14H22ClNO2/c1-4-17-14(18-5-2)10-16-11(3)12-8-6-7-9-13(12)15/h6-9,11,14,16H,4-5,10H2,1-3H3/t11-/m1/s1. The fourth-order valence-electron chi connectivity index (χ4n) is 1.75. The second-order valence-corrected chi connectivity index (χ2v) is 4.40. The lowest BCUT2D eigenvalue weighted by molar-refractivity contribution is -0.133. The van der Waals surface area contributed by atoms with Crippen LogP contribution in [0.15, 0.2) is 24.3 Å². The van der Waals surface area contributed by atoms with Crippen molar-refractivity contribution in [2.24, 2.45) is 0 Å². The minimum Gasteiger partial charge on any atom is -0.352 e. The predicted molar refractivity (Wildman–Crippen MR) is 74.9 cm³/mol. The summed E-state index contributed by atoms with van der Waals surface area (Å²) in [5, 5.41) is 4.15. The first-order valence-electron chi connectivity index (χ1n) is 6.40. The van der Waals surface area contributed by atoms with E-state index in [0.29, 0.717) is 19.8 Å². The highest BCUT2D eigenvalue weighted by molar-refractivity contribution is 6.31. The molecule has 0 bridgehead atoms. The van der Waals surface area contributed by atoms with Gasteiger partial charge < -0.3 is 14.8 Å². The Bertz CT molecular complexity index is 340. The number of nitrogens with one attached hydrogen (secondary N) is 1. The molecule has 0 heterocycles. The van der Waals surface area contributed by atoms with Gasteiger partial charge in [0.25, 0.3) is 0 Å². The second kappa shape index (κ2) is 8.48. The molecule has 0 aliphatic rings. The average molecular weight is 272 g/mol. The lowest BCUT2D eigenvalue weighted by Gasteiger charge is -2.21. The first kappa shape index (κ1) is 15.4. The third-order valence-corrected chi connectivity index (χ3v) is 3.01. The molecule has 1 atom stereocenters. The predicted octanol–water partition coefficient (Wildman–Crippen LogP) is 3.39. The Kier molecular flexibility index (Phi) is 7.28. The van der Waals surface area contributed by atoms with Crippen LogP contribution in [0.25, 0.3) is 0 Å². The molecule has 18 heavy (non-hydrogen) atoms. The molecule has 0 spiro atoms. The average Bonchev–Trinajstić information content (AvgIpc) is 2.36. The Labute approximate surface area is 114 Å². The molecule has 0 saturated heterocycles. The zero-order chi connectivity index (χ0) is 13.4. The van der Waals surface area contributed by atoms with Crippen LogP contribution in [0, 0.1) is 0 Å². The van der Waals surface area contributed by atoms with Gasteiger partial charge in [0.05, 0.1) is 0 Å². The van der Waals surface area contributed by atoms with E-state index in [0.717, 1.165) is 10.6 Å². The molecule has 4 heteroatoms. The van der Waals surface area contributed by atoms with Crippen molar-refractivity contribution in [2.75, 3.05) is 19.8 Å². The van der Waals surface area contributed by atoms with Gasteiger partial charge in [0.15, 0.2) is 6.29 Å². The molecule has 0 aliphatic carbocycles. The molecule has 0 aliphatic heterocycles. The number of hydrogen-bond acceptors (Lipinski definition) is 3. The fourth-order valence-corrected chi connectivity index (χ4v) is 2.05. The maximum Gasteiger partial charge on any atom is 0.169 e. The van der Waals surface area contributed by atoms with Gasteiger partial charge in [-0.1, -0.05) is 29.8 Å². The maximum absolute atomic E-state index is 6.15. The van der Waals surface area contributed by atoms with Crippen LogP contribution < -0.4 is 5.32 Å². The van der Waals surface area contributed by atoms with E-state index in [-0.39, 0.29) is 12.3 Å². The van der Waals surface area contributed by atoms with E-state index < -0.39 is 0 Å². The maximum atomic E-state index is 6.15. The summed E-state index contributed by atoms with van der Waals surface area (Å²) in [4.78, 5) is 0. The molecule has 1 aromatic carbocycles. The van der Waals surface area contributed by atoms with Crippen LogP contribution in [-0.4, -0.2) is 26.0 Å². The van der Waals surface area contributed by atoms with Crippen LogP contribution in [0.2, 0.25) is 5.02 Å². The first-order chi connectivity index (χ1) is 8.69. The molecule has 1 rings (SSSR count). The van der Waals surface area contributed by atoms with Crippen molar-refractivity contribution in [1.29, 1.82) is 0 Å². The van der Waals surface area contributed by atoms with Gasteiger partial charge in [0, 0.05) is 30.8 Å². The monoisotopic (exact) mass is 271 g/mol. The lowest BCUT2D eigenvalue weighted by atomic mass is 10.1. The Balaban J connectivity index is 2.49. The van der Waals surface area contributed by atoms with Crippen molar-refractivity contribution in [3.63, 3.8) is 0 Å². The van der Waals surface area contributed by atoms with Gasteiger partial charge in [0.2, 0.25) is 0 Å². The minimum atomic E-state index is -0.204. The highest BCUT2D eigenvalue weighted by Gasteiger charge is 2.12. The summed E-state index contributed by atoms with van der Waals surface area (Å²) in [5.41, 5.74) is 1.09. The van der Waals surface area contributed by atoms with Crippen molar-refractivity contribution in [3.8, 4) is 0 Å². The van der Waals surface area contributed by atoms with Crippen molar-refractivity contribution in [1.82, 2.24) is 5.32 Å². The van der Waals surface area contributed by atoms with E-state index in [1.807, 2.05) is 38.1 Å². The van der Waals surface area contributed by atoms with Crippen molar-refractivity contribution < 1.29 is 9.47 Å². The lowest BCUT2D eigenvalue weighted by Crippen LogP contribution is -2.33. The summed E-state index contributed by atoms with van der Waals surface area (Å²) in [6, 6.07) is 8.01. The summed E-state index contributed by atoms with van der Waals surface area (Å²) < 4.78 is 11.0. The molecular weight excluding hydrogens is 250 g/mol. The van der Waals surface area contributed by atoms with Gasteiger partial charge in [-0.15, -0.1) is 0 Å². The number of halogens is 1. The van der Waals surface area contributed by atoms with Gasteiger partial charge in [0.1, 0.15) is 0 Å². The van der Waals surface area contributed by atoms with E-state index in [9.17, 15) is 0 Å². The number of hydrogen-bond donors (Lipinski definition) is 1. The van der Waals surface area contributed by atoms with E-state index in [1.165, 1.54) is 0 Å². The molecule has 3 nitrogen and oxygen atoms in total.